The third kappa shape index (κ3) is 4.35. The molecule has 1 heterocycles. The lowest BCUT2D eigenvalue weighted by molar-refractivity contribution is 0.0696. The second kappa shape index (κ2) is 7.05. The maximum Gasteiger partial charge on any atom is 0.335 e. The van der Waals surface area contributed by atoms with Crippen molar-refractivity contribution in [2.24, 2.45) is 0 Å². The molecule has 0 bridgehead atoms. The maximum atomic E-state index is 10.9. The van der Waals surface area contributed by atoms with E-state index in [9.17, 15) is 4.79 Å². The number of halogens is 1. The van der Waals surface area contributed by atoms with Gasteiger partial charge in [0.15, 0.2) is 0 Å². The fraction of sp³-hybridized carbons (Fsp3) is 0.200. The van der Waals surface area contributed by atoms with Crippen LogP contribution in [-0.2, 0) is 6.42 Å². The number of aromatic carboxylic acids is 1. The number of nitrogens with zero attached hydrogens (tertiary/aromatic N) is 1. The zero-order chi connectivity index (χ0) is 14.4. The van der Waals surface area contributed by atoms with Gasteiger partial charge in [-0.25, -0.2) is 4.79 Å². The molecule has 0 aliphatic rings. The van der Waals surface area contributed by atoms with Crippen LogP contribution in [-0.4, -0.2) is 22.7 Å². The topological polar surface area (TPSA) is 59.4 Å². The zero-order valence-electron chi connectivity index (χ0n) is 10.8. The number of carboxylic acid groups (broad SMARTS) is 1. The lowest BCUT2D eigenvalue weighted by Gasteiger charge is -2.08. The van der Waals surface area contributed by atoms with Crippen LogP contribution in [0.1, 0.15) is 22.3 Å². The van der Waals surface area contributed by atoms with Crippen LogP contribution in [0.4, 0.5) is 0 Å². The Kier molecular flexibility index (Phi) is 5.12. The molecule has 104 valence electrons. The quantitative estimate of drug-likeness (QED) is 0.820. The van der Waals surface area contributed by atoms with E-state index in [0.717, 1.165) is 12.8 Å². The Balaban J connectivity index is 1.86. The monoisotopic (exact) mass is 335 g/mol. The molecule has 0 saturated carbocycles. The van der Waals surface area contributed by atoms with Gasteiger partial charge in [0.05, 0.1) is 12.2 Å². The maximum absolute atomic E-state index is 10.9. The summed E-state index contributed by atoms with van der Waals surface area (Å²) < 4.78 is 6.29. The number of pyridine rings is 1. The van der Waals surface area contributed by atoms with Gasteiger partial charge in [-0.05, 0) is 48.7 Å². The van der Waals surface area contributed by atoms with Gasteiger partial charge in [-0.15, -0.1) is 0 Å². The second-order valence-electron chi connectivity index (χ2n) is 4.29. The van der Waals surface area contributed by atoms with E-state index in [1.54, 1.807) is 24.5 Å². The van der Waals surface area contributed by atoms with Crippen molar-refractivity contribution >= 4 is 21.9 Å². The summed E-state index contributed by atoms with van der Waals surface area (Å²) in [7, 11) is 0. The molecule has 1 N–H and O–H groups in total. The molecule has 0 fully saturated rings. The van der Waals surface area contributed by atoms with Gasteiger partial charge in [-0.3, -0.25) is 4.98 Å². The number of benzene rings is 1. The first-order chi connectivity index (χ1) is 9.65. The molecule has 4 nitrogen and oxygen atoms in total. The summed E-state index contributed by atoms with van der Waals surface area (Å²) >= 11 is 3.28. The lowest BCUT2D eigenvalue weighted by Crippen LogP contribution is -2.02. The summed E-state index contributed by atoms with van der Waals surface area (Å²) in [5.41, 5.74) is 1.42. The highest BCUT2D eigenvalue weighted by atomic mass is 79.9. The third-order valence-electron chi connectivity index (χ3n) is 2.75. The smallest absolute Gasteiger partial charge is 0.335 e. The molecule has 1 aromatic heterocycles. The molecule has 0 radical (unpaired) electrons. The van der Waals surface area contributed by atoms with Crippen LogP contribution >= 0.6 is 15.9 Å². The van der Waals surface area contributed by atoms with E-state index in [2.05, 4.69) is 20.9 Å². The van der Waals surface area contributed by atoms with Gasteiger partial charge in [-0.1, -0.05) is 15.9 Å². The minimum Gasteiger partial charge on any atom is -0.494 e. The van der Waals surface area contributed by atoms with Crippen LogP contribution in [0.5, 0.6) is 5.75 Å². The predicted molar refractivity (Wildman–Crippen MR) is 79.2 cm³/mol. The van der Waals surface area contributed by atoms with Crippen molar-refractivity contribution in [3.63, 3.8) is 0 Å². The van der Waals surface area contributed by atoms with Crippen LogP contribution in [0.15, 0.2) is 47.2 Å². The summed E-state index contributed by atoms with van der Waals surface area (Å²) in [6, 6.07) is 8.79. The molecule has 0 spiro atoms. The van der Waals surface area contributed by atoms with Crippen molar-refractivity contribution < 1.29 is 14.6 Å². The molecular formula is C15H14BrNO3. The van der Waals surface area contributed by atoms with Crippen molar-refractivity contribution in [3.8, 4) is 5.75 Å². The van der Waals surface area contributed by atoms with E-state index in [1.807, 2.05) is 12.1 Å². The summed E-state index contributed by atoms with van der Waals surface area (Å²) in [5, 5.41) is 8.97. The summed E-state index contributed by atoms with van der Waals surface area (Å²) in [6.45, 7) is 0.540. The Morgan fingerprint density at radius 2 is 2.00 bits per heavy atom. The third-order valence-corrected chi connectivity index (χ3v) is 3.20. The molecular weight excluding hydrogens is 322 g/mol. The van der Waals surface area contributed by atoms with E-state index in [1.165, 1.54) is 11.6 Å². The lowest BCUT2D eigenvalue weighted by atomic mass is 10.1. The van der Waals surface area contributed by atoms with Crippen molar-refractivity contribution in [2.45, 2.75) is 12.8 Å². The number of hydrogen-bond acceptors (Lipinski definition) is 3. The van der Waals surface area contributed by atoms with Crippen LogP contribution in [0.25, 0.3) is 0 Å². The van der Waals surface area contributed by atoms with Crippen LogP contribution in [0, 0.1) is 0 Å². The molecule has 0 aliphatic carbocycles. The summed E-state index contributed by atoms with van der Waals surface area (Å²) in [4.78, 5) is 14.9. The van der Waals surface area contributed by atoms with Gasteiger partial charge in [0.1, 0.15) is 5.75 Å². The van der Waals surface area contributed by atoms with Crippen molar-refractivity contribution in [1.29, 1.82) is 0 Å². The van der Waals surface area contributed by atoms with Gasteiger partial charge in [0, 0.05) is 16.9 Å². The molecule has 0 aliphatic heterocycles. The molecule has 2 aromatic rings. The average molecular weight is 336 g/mol. The van der Waals surface area contributed by atoms with Gasteiger partial charge in [0.2, 0.25) is 0 Å². The second-order valence-corrected chi connectivity index (χ2v) is 5.20. The summed E-state index contributed by atoms with van der Waals surface area (Å²) in [6.07, 6.45) is 5.30. The molecule has 0 unspecified atom stereocenters. The number of carbonyl (C=O) groups is 1. The van der Waals surface area contributed by atoms with Crippen LogP contribution in [0.3, 0.4) is 0 Å². The first kappa shape index (κ1) is 14.5. The molecule has 0 amide bonds. The average Bonchev–Trinajstić information content (AvgIpc) is 2.44. The Morgan fingerprint density at radius 1 is 1.25 bits per heavy atom. The van der Waals surface area contributed by atoms with Gasteiger partial charge >= 0.3 is 5.97 Å². The Bertz CT molecular complexity index is 587. The van der Waals surface area contributed by atoms with Crippen LogP contribution in [0.2, 0.25) is 0 Å². The molecule has 0 atom stereocenters. The number of rotatable bonds is 6. The number of aryl methyl sites for hydroxylation is 1. The van der Waals surface area contributed by atoms with E-state index >= 15 is 0 Å². The number of ether oxygens (including phenoxy) is 1. The van der Waals surface area contributed by atoms with E-state index in [-0.39, 0.29) is 5.56 Å². The summed E-state index contributed by atoms with van der Waals surface area (Å²) in [5.74, 6) is -0.403. The fourth-order valence-electron chi connectivity index (χ4n) is 1.79. The van der Waals surface area contributed by atoms with Crippen molar-refractivity contribution in [2.75, 3.05) is 6.61 Å². The van der Waals surface area contributed by atoms with E-state index < -0.39 is 5.97 Å². The number of aromatic nitrogens is 1. The molecule has 0 saturated heterocycles. The van der Waals surface area contributed by atoms with Gasteiger partial charge in [-0.2, -0.15) is 0 Å². The first-order valence-electron chi connectivity index (χ1n) is 6.21. The molecule has 20 heavy (non-hydrogen) atoms. The largest absolute Gasteiger partial charge is 0.494 e. The van der Waals surface area contributed by atoms with Crippen molar-refractivity contribution in [1.82, 2.24) is 4.98 Å². The number of hydrogen-bond donors (Lipinski definition) is 1. The van der Waals surface area contributed by atoms with Gasteiger partial charge in [0.25, 0.3) is 0 Å². The molecule has 1 aromatic carbocycles. The Hall–Kier alpha value is -1.88. The highest BCUT2D eigenvalue weighted by molar-refractivity contribution is 9.10. The van der Waals surface area contributed by atoms with E-state index in [4.69, 9.17) is 9.84 Å². The highest BCUT2D eigenvalue weighted by Gasteiger charge is 2.06. The first-order valence-corrected chi connectivity index (χ1v) is 7.00. The molecule has 5 heteroatoms. The standard InChI is InChI=1S/C15H14BrNO3/c16-13-8-12(15(18)19)9-14(10-13)20-7-1-2-11-3-5-17-6-4-11/h3-6,8-10H,1-2,7H2,(H,18,19). The van der Waals surface area contributed by atoms with Gasteiger partial charge < -0.3 is 9.84 Å². The van der Waals surface area contributed by atoms with E-state index in [0.29, 0.717) is 16.8 Å². The number of carboxylic acids is 1. The zero-order valence-corrected chi connectivity index (χ0v) is 12.3. The molecule has 2 rings (SSSR count). The highest BCUT2D eigenvalue weighted by Crippen LogP contribution is 2.21. The SMILES string of the molecule is O=C(O)c1cc(Br)cc(OCCCc2ccncc2)c1. The normalized spacial score (nSPS) is 10.2. The fourth-order valence-corrected chi connectivity index (χ4v) is 2.26. The Labute approximate surface area is 125 Å². The predicted octanol–water partition coefficient (Wildman–Crippen LogP) is 3.55. The Morgan fingerprint density at radius 3 is 2.70 bits per heavy atom. The minimum absolute atomic E-state index is 0.212. The van der Waals surface area contributed by atoms with Crippen molar-refractivity contribution in [3.05, 3.63) is 58.3 Å². The van der Waals surface area contributed by atoms with Crippen LogP contribution < -0.4 is 4.74 Å². The minimum atomic E-state index is -0.965.